The van der Waals surface area contributed by atoms with Crippen molar-refractivity contribution in [1.29, 1.82) is 0 Å². The Morgan fingerprint density at radius 3 is 2.32 bits per heavy atom. The summed E-state index contributed by atoms with van der Waals surface area (Å²) in [7, 11) is 5.63. The van der Waals surface area contributed by atoms with Gasteiger partial charge in [-0.05, 0) is 48.5 Å². The molecule has 1 aliphatic rings. The molecule has 4 aromatic rings. The van der Waals surface area contributed by atoms with Crippen LogP contribution >= 0.6 is 0 Å². The number of anilines is 2. The summed E-state index contributed by atoms with van der Waals surface area (Å²) in [6, 6.07) is 16.0. The first-order valence-corrected chi connectivity index (χ1v) is 12.4. The molecule has 0 unspecified atom stereocenters. The van der Waals surface area contributed by atoms with E-state index >= 15 is 0 Å². The number of H-pyrrole nitrogens is 1. The maximum absolute atomic E-state index is 12.3. The molecule has 0 aliphatic carbocycles. The van der Waals surface area contributed by atoms with Gasteiger partial charge in [0.2, 0.25) is 5.91 Å². The molecule has 1 aliphatic heterocycles. The monoisotopic (exact) mass is 496 g/mol. The number of nitrogens with one attached hydrogen (secondary N) is 2. The number of piperazine rings is 1. The highest BCUT2D eigenvalue weighted by Crippen LogP contribution is 2.35. The lowest BCUT2D eigenvalue weighted by Crippen LogP contribution is -2.44. The van der Waals surface area contributed by atoms with Crippen molar-refractivity contribution in [2.45, 2.75) is 6.92 Å². The fourth-order valence-electron chi connectivity index (χ4n) is 4.78. The van der Waals surface area contributed by atoms with Crippen molar-refractivity contribution in [3.8, 4) is 22.3 Å². The van der Waals surface area contributed by atoms with Gasteiger partial charge in [-0.1, -0.05) is 18.2 Å². The Labute approximate surface area is 216 Å². The van der Waals surface area contributed by atoms with Gasteiger partial charge in [-0.25, -0.2) is 4.98 Å². The van der Waals surface area contributed by atoms with Crippen molar-refractivity contribution in [1.82, 2.24) is 19.8 Å². The molecule has 0 spiro atoms. The number of carbonyl (C=O) groups excluding carboxylic acids is 2. The topological polar surface area (TPSA) is 84.6 Å². The molecule has 190 valence electrons. The van der Waals surface area contributed by atoms with E-state index in [0.29, 0.717) is 5.56 Å². The number of likely N-dealkylation sites (N-methyl/N-ethyl adjacent to an activating group) is 1. The van der Waals surface area contributed by atoms with Crippen LogP contribution in [0, 0.1) is 0 Å². The van der Waals surface area contributed by atoms with Gasteiger partial charge in [0.05, 0.1) is 11.4 Å². The zero-order chi connectivity index (χ0) is 26.1. The molecular formula is C29H32N6O2. The standard InChI is InChI=1S/C29H32N6O2/c1-19(36)32-26-16-22(9-10-27(26)35-13-11-34(4)12-14-35)23-15-24-25(18-31-28(24)30-17-23)20-5-7-21(8-6-20)29(37)33(2)3/h5-10,15-18H,11-14H2,1-4H3,(H,30,31)(H,32,36). The first-order chi connectivity index (χ1) is 17.8. The molecule has 8 heteroatoms. The van der Waals surface area contributed by atoms with Crippen molar-refractivity contribution in [2.75, 3.05) is 57.5 Å². The molecule has 2 aromatic heterocycles. The Morgan fingerprint density at radius 2 is 1.65 bits per heavy atom. The maximum atomic E-state index is 12.3. The number of nitrogens with zero attached hydrogens (tertiary/aromatic N) is 4. The van der Waals surface area contributed by atoms with Crippen LogP contribution in [0.3, 0.4) is 0 Å². The number of aromatic nitrogens is 2. The van der Waals surface area contributed by atoms with Crippen LogP contribution in [-0.4, -0.2) is 78.9 Å². The van der Waals surface area contributed by atoms with E-state index < -0.39 is 0 Å². The van der Waals surface area contributed by atoms with Crippen molar-refractivity contribution in [2.24, 2.45) is 0 Å². The zero-order valence-corrected chi connectivity index (χ0v) is 21.7. The predicted octanol–water partition coefficient (Wildman–Crippen LogP) is 4.31. The lowest BCUT2D eigenvalue weighted by atomic mass is 10.0. The van der Waals surface area contributed by atoms with Crippen LogP contribution in [0.25, 0.3) is 33.3 Å². The molecule has 2 aromatic carbocycles. The molecule has 1 fully saturated rings. The second kappa shape index (κ2) is 10.1. The van der Waals surface area contributed by atoms with Crippen LogP contribution in [-0.2, 0) is 4.79 Å². The van der Waals surface area contributed by atoms with Crippen molar-refractivity contribution in [3.63, 3.8) is 0 Å². The third kappa shape index (κ3) is 5.06. The quantitative estimate of drug-likeness (QED) is 0.430. The van der Waals surface area contributed by atoms with Crippen LogP contribution in [0.15, 0.2) is 60.9 Å². The van der Waals surface area contributed by atoms with E-state index in [1.807, 2.05) is 42.7 Å². The van der Waals surface area contributed by atoms with Gasteiger partial charge in [0.15, 0.2) is 0 Å². The molecule has 3 heterocycles. The van der Waals surface area contributed by atoms with E-state index in [2.05, 4.69) is 50.3 Å². The summed E-state index contributed by atoms with van der Waals surface area (Å²) in [4.78, 5) is 38.4. The second-order valence-corrected chi connectivity index (χ2v) is 9.80. The molecule has 2 N–H and O–H groups in total. The summed E-state index contributed by atoms with van der Waals surface area (Å²) >= 11 is 0. The number of amides is 2. The number of carbonyl (C=O) groups is 2. The molecule has 1 saturated heterocycles. The SMILES string of the molecule is CC(=O)Nc1cc(-c2cnc3[nH]cc(-c4ccc(C(=O)N(C)C)cc4)c3c2)ccc1N1CCN(C)CC1. The molecule has 0 atom stereocenters. The third-order valence-electron chi connectivity index (χ3n) is 6.86. The Morgan fingerprint density at radius 1 is 0.946 bits per heavy atom. The summed E-state index contributed by atoms with van der Waals surface area (Å²) < 4.78 is 0. The van der Waals surface area contributed by atoms with E-state index in [1.54, 1.807) is 19.0 Å². The average molecular weight is 497 g/mol. The van der Waals surface area contributed by atoms with E-state index in [0.717, 1.165) is 70.8 Å². The summed E-state index contributed by atoms with van der Waals surface area (Å²) in [6.45, 7) is 5.35. The smallest absolute Gasteiger partial charge is 0.253 e. The summed E-state index contributed by atoms with van der Waals surface area (Å²) in [6.07, 6.45) is 3.80. The van der Waals surface area contributed by atoms with Crippen LogP contribution in [0.1, 0.15) is 17.3 Å². The Balaban J connectivity index is 1.50. The number of hydrogen-bond acceptors (Lipinski definition) is 5. The van der Waals surface area contributed by atoms with Gasteiger partial charge in [0.25, 0.3) is 5.91 Å². The third-order valence-corrected chi connectivity index (χ3v) is 6.86. The largest absolute Gasteiger partial charge is 0.367 e. The number of hydrogen-bond donors (Lipinski definition) is 2. The molecular weight excluding hydrogens is 464 g/mol. The first kappa shape index (κ1) is 24.5. The highest BCUT2D eigenvalue weighted by molar-refractivity contribution is 5.99. The molecule has 0 bridgehead atoms. The summed E-state index contributed by atoms with van der Waals surface area (Å²) in [5, 5.41) is 4.03. The predicted molar refractivity (Wildman–Crippen MR) is 149 cm³/mol. The van der Waals surface area contributed by atoms with Gasteiger partial charge in [0, 0.05) is 81.7 Å². The number of pyridine rings is 1. The van der Waals surface area contributed by atoms with Crippen LogP contribution in [0.4, 0.5) is 11.4 Å². The molecule has 2 amide bonds. The molecule has 5 rings (SSSR count). The zero-order valence-electron chi connectivity index (χ0n) is 21.7. The molecule has 37 heavy (non-hydrogen) atoms. The van der Waals surface area contributed by atoms with E-state index in [-0.39, 0.29) is 11.8 Å². The normalized spacial score (nSPS) is 14.1. The number of benzene rings is 2. The highest BCUT2D eigenvalue weighted by atomic mass is 16.2. The molecule has 0 radical (unpaired) electrons. The van der Waals surface area contributed by atoms with Crippen LogP contribution < -0.4 is 10.2 Å². The fourth-order valence-corrected chi connectivity index (χ4v) is 4.78. The number of aromatic amines is 1. The van der Waals surface area contributed by atoms with Crippen LogP contribution in [0.2, 0.25) is 0 Å². The van der Waals surface area contributed by atoms with Crippen molar-refractivity contribution in [3.05, 3.63) is 66.5 Å². The van der Waals surface area contributed by atoms with Gasteiger partial charge < -0.3 is 25.0 Å². The van der Waals surface area contributed by atoms with Gasteiger partial charge in [-0.15, -0.1) is 0 Å². The number of fused-ring (bicyclic) bond motifs is 1. The lowest BCUT2D eigenvalue weighted by molar-refractivity contribution is -0.114. The van der Waals surface area contributed by atoms with Crippen molar-refractivity contribution < 1.29 is 9.59 Å². The van der Waals surface area contributed by atoms with Gasteiger partial charge in [-0.3, -0.25) is 9.59 Å². The number of rotatable bonds is 5. The molecule has 8 nitrogen and oxygen atoms in total. The van der Waals surface area contributed by atoms with Gasteiger partial charge in [-0.2, -0.15) is 0 Å². The van der Waals surface area contributed by atoms with Gasteiger partial charge >= 0.3 is 0 Å². The van der Waals surface area contributed by atoms with E-state index in [9.17, 15) is 9.59 Å². The Kier molecular flexibility index (Phi) is 6.67. The summed E-state index contributed by atoms with van der Waals surface area (Å²) in [5.74, 6) is -0.116. The van der Waals surface area contributed by atoms with Crippen molar-refractivity contribution >= 4 is 34.2 Å². The minimum Gasteiger partial charge on any atom is -0.367 e. The van der Waals surface area contributed by atoms with E-state index in [1.165, 1.54) is 6.92 Å². The summed E-state index contributed by atoms with van der Waals surface area (Å²) in [5.41, 5.74) is 7.26. The average Bonchev–Trinajstić information content (AvgIpc) is 3.32. The highest BCUT2D eigenvalue weighted by Gasteiger charge is 2.19. The Hall–Kier alpha value is -4.17. The minimum absolute atomic E-state index is 0.0237. The second-order valence-electron chi connectivity index (χ2n) is 9.80. The lowest BCUT2D eigenvalue weighted by Gasteiger charge is -2.35. The maximum Gasteiger partial charge on any atom is 0.253 e. The minimum atomic E-state index is -0.0924. The fraction of sp³-hybridized carbons (Fsp3) is 0.276. The Bertz CT molecular complexity index is 1450. The molecule has 0 saturated carbocycles. The van der Waals surface area contributed by atoms with Gasteiger partial charge in [0.1, 0.15) is 5.65 Å². The van der Waals surface area contributed by atoms with E-state index in [4.69, 9.17) is 0 Å². The van der Waals surface area contributed by atoms with Crippen LogP contribution in [0.5, 0.6) is 0 Å². The first-order valence-electron chi connectivity index (χ1n) is 12.4.